The number of rotatable bonds is 2. The number of halogens is 1. The van der Waals surface area contributed by atoms with Crippen molar-refractivity contribution in [2.75, 3.05) is 0 Å². The second-order valence-electron chi connectivity index (χ2n) is 2.90. The van der Waals surface area contributed by atoms with E-state index in [9.17, 15) is 0 Å². The molecule has 0 atom stereocenters. The summed E-state index contributed by atoms with van der Waals surface area (Å²) in [7, 11) is 0. The van der Waals surface area contributed by atoms with Crippen molar-refractivity contribution in [1.82, 2.24) is 4.98 Å². The Morgan fingerprint density at radius 1 is 1.43 bits per heavy atom. The Hall–Kier alpha value is -0.900. The first-order chi connectivity index (χ1) is 6.79. The highest BCUT2D eigenvalue weighted by Gasteiger charge is 2.04. The number of quaternary nitrogens is 1. The molecule has 2 aromatic rings. The standard InChI is InChI=1S/C10H9ClN2S/c11-8-3-1-2-7(4-8)10-13-9(5-12)6-14-10/h1-4,6H,5,12H2/p+1. The van der Waals surface area contributed by atoms with Crippen LogP contribution in [0.1, 0.15) is 5.69 Å². The Balaban J connectivity index is 2.39. The maximum Gasteiger partial charge on any atom is 0.123 e. The number of aromatic nitrogens is 1. The molecule has 2 nitrogen and oxygen atoms in total. The van der Waals surface area contributed by atoms with E-state index in [0.717, 1.165) is 27.8 Å². The van der Waals surface area contributed by atoms with Crippen molar-refractivity contribution in [3.8, 4) is 10.6 Å². The van der Waals surface area contributed by atoms with Crippen molar-refractivity contribution in [3.05, 3.63) is 40.4 Å². The first-order valence-corrected chi connectivity index (χ1v) is 5.55. The van der Waals surface area contributed by atoms with Gasteiger partial charge in [0.05, 0.1) is 0 Å². The van der Waals surface area contributed by atoms with Crippen LogP contribution in [0.25, 0.3) is 10.6 Å². The molecule has 1 aromatic carbocycles. The molecule has 0 bridgehead atoms. The van der Waals surface area contributed by atoms with Crippen molar-refractivity contribution in [3.63, 3.8) is 0 Å². The van der Waals surface area contributed by atoms with Gasteiger partial charge in [0, 0.05) is 16.0 Å². The lowest BCUT2D eigenvalue weighted by atomic mass is 10.2. The van der Waals surface area contributed by atoms with Crippen LogP contribution in [0.2, 0.25) is 5.02 Å². The molecular formula is C10H10ClN2S+. The fourth-order valence-electron chi connectivity index (χ4n) is 1.18. The van der Waals surface area contributed by atoms with E-state index < -0.39 is 0 Å². The highest BCUT2D eigenvalue weighted by Crippen LogP contribution is 2.25. The van der Waals surface area contributed by atoms with E-state index in [0.29, 0.717) is 0 Å². The van der Waals surface area contributed by atoms with E-state index in [1.165, 1.54) is 0 Å². The molecule has 2 rings (SSSR count). The van der Waals surface area contributed by atoms with E-state index in [2.05, 4.69) is 10.7 Å². The van der Waals surface area contributed by atoms with Gasteiger partial charge in [-0.15, -0.1) is 11.3 Å². The number of nitrogens with zero attached hydrogens (tertiary/aromatic N) is 1. The Morgan fingerprint density at radius 3 is 2.93 bits per heavy atom. The van der Waals surface area contributed by atoms with Crippen molar-refractivity contribution in [1.29, 1.82) is 0 Å². The Morgan fingerprint density at radius 2 is 2.29 bits per heavy atom. The first kappa shape index (κ1) is 9.65. The lowest BCUT2D eigenvalue weighted by Crippen LogP contribution is -2.47. The van der Waals surface area contributed by atoms with E-state index in [4.69, 9.17) is 11.6 Å². The summed E-state index contributed by atoms with van der Waals surface area (Å²) in [5.41, 5.74) is 5.90. The summed E-state index contributed by atoms with van der Waals surface area (Å²) in [6.07, 6.45) is 0. The highest BCUT2D eigenvalue weighted by atomic mass is 35.5. The van der Waals surface area contributed by atoms with Gasteiger partial charge in [-0.3, -0.25) is 0 Å². The Labute approximate surface area is 91.4 Å². The van der Waals surface area contributed by atoms with Gasteiger partial charge in [0.1, 0.15) is 17.2 Å². The molecular weight excluding hydrogens is 216 g/mol. The zero-order valence-electron chi connectivity index (χ0n) is 7.53. The molecule has 3 N–H and O–H groups in total. The summed E-state index contributed by atoms with van der Waals surface area (Å²) >= 11 is 7.53. The van der Waals surface area contributed by atoms with Crippen molar-refractivity contribution >= 4 is 22.9 Å². The minimum atomic E-state index is 0.733. The second-order valence-corrected chi connectivity index (χ2v) is 4.20. The molecule has 0 spiro atoms. The molecule has 1 heterocycles. The predicted octanol–water partition coefficient (Wildman–Crippen LogP) is 2.21. The third-order valence-corrected chi connectivity index (χ3v) is 3.05. The largest absolute Gasteiger partial charge is 0.353 e. The summed E-state index contributed by atoms with van der Waals surface area (Å²) in [6, 6.07) is 7.73. The lowest BCUT2D eigenvalue weighted by Gasteiger charge is -1.95. The van der Waals surface area contributed by atoms with Gasteiger partial charge in [-0.2, -0.15) is 0 Å². The zero-order chi connectivity index (χ0) is 9.97. The van der Waals surface area contributed by atoms with Gasteiger partial charge in [0.2, 0.25) is 0 Å². The fourth-order valence-corrected chi connectivity index (χ4v) is 2.22. The zero-order valence-corrected chi connectivity index (χ0v) is 9.11. The SMILES string of the molecule is [NH3+]Cc1csc(-c2cccc(Cl)c2)n1. The van der Waals surface area contributed by atoms with Crippen LogP contribution in [-0.2, 0) is 6.54 Å². The Kier molecular flexibility index (Phi) is 2.82. The van der Waals surface area contributed by atoms with Crippen LogP contribution in [0.4, 0.5) is 0 Å². The third kappa shape index (κ3) is 1.95. The molecule has 0 radical (unpaired) electrons. The van der Waals surface area contributed by atoms with E-state index in [-0.39, 0.29) is 0 Å². The summed E-state index contributed by atoms with van der Waals surface area (Å²) < 4.78 is 0. The van der Waals surface area contributed by atoms with Gasteiger partial charge in [-0.1, -0.05) is 23.7 Å². The molecule has 0 aliphatic carbocycles. The minimum absolute atomic E-state index is 0.733. The molecule has 0 saturated carbocycles. The molecule has 1 aromatic heterocycles. The molecule has 0 unspecified atom stereocenters. The monoisotopic (exact) mass is 225 g/mol. The number of thiazole rings is 1. The van der Waals surface area contributed by atoms with Crippen LogP contribution in [0.5, 0.6) is 0 Å². The van der Waals surface area contributed by atoms with Crippen molar-refractivity contribution in [2.45, 2.75) is 6.54 Å². The van der Waals surface area contributed by atoms with Gasteiger partial charge in [-0.05, 0) is 12.1 Å². The van der Waals surface area contributed by atoms with Crippen molar-refractivity contribution < 1.29 is 5.73 Å². The van der Waals surface area contributed by atoms with E-state index in [1.54, 1.807) is 11.3 Å². The highest BCUT2D eigenvalue weighted by molar-refractivity contribution is 7.13. The third-order valence-electron chi connectivity index (χ3n) is 1.88. The average molecular weight is 226 g/mol. The summed E-state index contributed by atoms with van der Waals surface area (Å²) in [5.74, 6) is 0. The molecule has 14 heavy (non-hydrogen) atoms. The lowest BCUT2D eigenvalue weighted by molar-refractivity contribution is -0.387. The maximum absolute atomic E-state index is 5.90. The first-order valence-electron chi connectivity index (χ1n) is 4.29. The minimum Gasteiger partial charge on any atom is -0.353 e. The molecule has 0 aliphatic heterocycles. The molecule has 0 amide bonds. The van der Waals surface area contributed by atoms with Crippen LogP contribution in [0.3, 0.4) is 0 Å². The number of hydrogen-bond donors (Lipinski definition) is 1. The van der Waals surface area contributed by atoms with Crippen LogP contribution in [-0.4, -0.2) is 4.98 Å². The smallest absolute Gasteiger partial charge is 0.123 e. The van der Waals surface area contributed by atoms with Crippen LogP contribution in [0.15, 0.2) is 29.6 Å². The maximum atomic E-state index is 5.90. The van der Waals surface area contributed by atoms with Gasteiger partial charge >= 0.3 is 0 Å². The van der Waals surface area contributed by atoms with Gasteiger partial charge < -0.3 is 5.73 Å². The summed E-state index contributed by atoms with van der Waals surface area (Å²) in [5, 5.41) is 3.78. The van der Waals surface area contributed by atoms with Gasteiger partial charge in [0.25, 0.3) is 0 Å². The molecule has 0 aliphatic rings. The van der Waals surface area contributed by atoms with Crippen LogP contribution < -0.4 is 5.73 Å². The summed E-state index contributed by atoms with van der Waals surface area (Å²) in [4.78, 5) is 4.44. The molecule has 0 saturated heterocycles. The number of hydrogen-bond acceptors (Lipinski definition) is 2. The van der Waals surface area contributed by atoms with E-state index in [1.807, 2.05) is 29.6 Å². The summed E-state index contributed by atoms with van der Waals surface area (Å²) in [6.45, 7) is 0.733. The van der Waals surface area contributed by atoms with Gasteiger partial charge in [-0.25, -0.2) is 4.98 Å². The van der Waals surface area contributed by atoms with Crippen LogP contribution >= 0.6 is 22.9 Å². The Bertz CT molecular complexity index is 439. The van der Waals surface area contributed by atoms with Crippen molar-refractivity contribution in [2.24, 2.45) is 0 Å². The molecule has 4 heteroatoms. The van der Waals surface area contributed by atoms with E-state index >= 15 is 0 Å². The molecule has 72 valence electrons. The fraction of sp³-hybridized carbons (Fsp3) is 0.100. The second kappa shape index (κ2) is 4.09. The van der Waals surface area contributed by atoms with Crippen LogP contribution in [0, 0.1) is 0 Å². The normalized spacial score (nSPS) is 10.4. The average Bonchev–Trinajstić information content (AvgIpc) is 2.66. The quantitative estimate of drug-likeness (QED) is 0.837. The molecule has 0 fully saturated rings. The number of benzene rings is 1. The predicted molar refractivity (Wildman–Crippen MR) is 59.2 cm³/mol. The van der Waals surface area contributed by atoms with Gasteiger partial charge in [0.15, 0.2) is 0 Å². The topological polar surface area (TPSA) is 40.5 Å².